The Balaban J connectivity index is 6.51. The lowest BCUT2D eigenvalue weighted by Gasteiger charge is -2.41. The molecular formula is C19H14F26O2. The summed E-state index contributed by atoms with van der Waals surface area (Å²) in [4.78, 5) is 0. The maximum atomic E-state index is 14.0. The standard InChI is InChI=1S/C19H14F26O2/c20-8(21,10(24,25)12(28,29)14(32,33)16(36,37)18(40,41)42)3-1-7(5-46,6-47)2-4-9(22,23)11(26,27)13(30,31)15(34,35)17(38,39)19(43,44)45/h46-47H,1-6H2. The third-order valence-corrected chi connectivity index (χ3v) is 6.61. The fraction of sp³-hybridized carbons (Fsp3) is 1.00. The fourth-order valence-corrected chi connectivity index (χ4v) is 3.25. The van der Waals surface area contributed by atoms with E-state index in [9.17, 15) is 114 Å². The highest BCUT2D eigenvalue weighted by Crippen LogP contribution is 2.63. The van der Waals surface area contributed by atoms with E-state index in [1.165, 1.54) is 0 Å². The highest BCUT2D eigenvalue weighted by atomic mass is 19.4. The van der Waals surface area contributed by atoms with Crippen molar-refractivity contribution in [3.8, 4) is 0 Å². The molecule has 0 saturated heterocycles. The van der Waals surface area contributed by atoms with E-state index in [1.54, 1.807) is 0 Å². The van der Waals surface area contributed by atoms with Gasteiger partial charge in [0, 0.05) is 18.3 Å². The monoisotopic (exact) mass is 768 g/mol. The zero-order valence-electron chi connectivity index (χ0n) is 21.5. The molecule has 0 amide bonds. The van der Waals surface area contributed by atoms with Crippen molar-refractivity contribution in [1.82, 2.24) is 0 Å². The van der Waals surface area contributed by atoms with Crippen LogP contribution in [0.15, 0.2) is 0 Å². The molecule has 0 spiro atoms. The van der Waals surface area contributed by atoms with Crippen LogP contribution in [0.2, 0.25) is 0 Å². The van der Waals surface area contributed by atoms with E-state index in [-0.39, 0.29) is 0 Å². The van der Waals surface area contributed by atoms with Gasteiger partial charge in [-0.1, -0.05) is 0 Å². The lowest BCUT2D eigenvalue weighted by molar-refractivity contribution is -0.440. The minimum Gasteiger partial charge on any atom is -0.396 e. The number of halogens is 26. The molecule has 0 radical (unpaired) electrons. The second kappa shape index (κ2) is 12.2. The van der Waals surface area contributed by atoms with Gasteiger partial charge < -0.3 is 10.2 Å². The van der Waals surface area contributed by atoms with Gasteiger partial charge in [-0.25, -0.2) is 0 Å². The van der Waals surface area contributed by atoms with Gasteiger partial charge in [-0.3, -0.25) is 0 Å². The van der Waals surface area contributed by atoms with E-state index in [1.807, 2.05) is 0 Å². The summed E-state index contributed by atoms with van der Waals surface area (Å²) >= 11 is 0. The zero-order chi connectivity index (χ0) is 38.7. The minimum atomic E-state index is -8.42. The van der Waals surface area contributed by atoms with Gasteiger partial charge in [-0.05, 0) is 12.8 Å². The summed E-state index contributed by atoms with van der Waals surface area (Å²) in [5, 5.41) is 18.3. The van der Waals surface area contributed by atoms with Crippen LogP contribution in [-0.4, -0.2) is 95.0 Å². The highest BCUT2D eigenvalue weighted by Gasteiger charge is 2.92. The van der Waals surface area contributed by atoms with Crippen LogP contribution in [0.5, 0.6) is 0 Å². The van der Waals surface area contributed by atoms with Crippen molar-refractivity contribution in [3.05, 3.63) is 0 Å². The van der Waals surface area contributed by atoms with Crippen LogP contribution in [0.25, 0.3) is 0 Å². The van der Waals surface area contributed by atoms with Crippen LogP contribution < -0.4 is 0 Å². The van der Waals surface area contributed by atoms with Gasteiger partial charge in [0.1, 0.15) is 0 Å². The van der Waals surface area contributed by atoms with Crippen LogP contribution in [0.4, 0.5) is 114 Å². The molecule has 0 aromatic rings. The van der Waals surface area contributed by atoms with Crippen molar-refractivity contribution in [1.29, 1.82) is 0 Å². The summed E-state index contributed by atoms with van der Waals surface area (Å²) in [7, 11) is 0. The molecule has 0 aliphatic rings. The highest BCUT2D eigenvalue weighted by molar-refractivity contribution is 5.12. The van der Waals surface area contributed by atoms with E-state index < -0.39 is 116 Å². The quantitative estimate of drug-likeness (QED) is 0.154. The van der Waals surface area contributed by atoms with Gasteiger partial charge in [0.2, 0.25) is 0 Å². The molecule has 0 rings (SSSR count). The molecule has 47 heavy (non-hydrogen) atoms. The van der Waals surface area contributed by atoms with E-state index in [0.717, 1.165) is 0 Å². The summed E-state index contributed by atoms with van der Waals surface area (Å²) in [6.07, 6.45) is -27.6. The van der Waals surface area contributed by atoms with Gasteiger partial charge in [-0.15, -0.1) is 0 Å². The Kier molecular flexibility index (Phi) is 11.7. The molecule has 2 N–H and O–H groups in total. The first-order chi connectivity index (χ1) is 20.0. The predicted octanol–water partition coefficient (Wildman–Crippen LogP) is 9.00. The Morgan fingerprint density at radius 1 is 0.255 bits per heavy atom. The van der Waals surface area contributed by atoms with Crippen molar-refractivity contribution in [2.24, 2.45) is 5.41 Å². The normalized spacial score (nSPS) is 16.6. The maximum absolute atomic E-state index is 14.0. The molecule has 2 nitrogen and oxygen atoms in total. The maximum Gasteiger partial charge on any atom is 0.460 e. The summed E-state index contributed by atoms with van der Waals surface area (Å²) < 4.78 is 343. The predicted molar refractivity (Wildman–Crippen MR) is 96.7 cm³/mol. The Morgan fingerprint density at radius 2 is 0.447 bits per heavy atom. The van der Waals surface area contributed by atoms with E-state index in [0.29, 0.717) is 0 Å². The van der Waals surface area contributed by atoms with Crippen molar-refractivity contribution in [3.63, 3.8) is 0 Å². The molecule has 0 heterocycles. The molecule has 0 aromatic heterocycles. The van der Waals surface area contributed by atoms with Gasteiger partial charge in [0.25, 0.3) is 0 Å². The van der Waals surface area contributed by atoms with Gasteiger partial charge in [-0.2, -0.15) is 114 Å². The molecule has 0 aromatic carbocycles. The van der Waals surface area contributed by atoms with Gasteiger partial charge in [0.05, 0.1) is 13.2 Å². The summed E-state index contributed by atoms with van der Waals surface area (Å²) in [6.45, 7) is -4.69. The molecule has 0 aliphatic heterocycles. The number of rotatable bonds is 16. The average Bonchev–Trinajstić information content (AvgIpc) is 2.86. The molecular weight excluding hydrogens is 754 g/mol. The Labute approximate surface area is 241 Å². The lowest BCUT2D eigenvalue weighted by atomic mass is 9.77. The van der Waals surface area contributed by atoms with Crippen LogP contribution in [0, 0.1) is 5.41 Å². The van der Waals surface area contributed by atoms with Crippen molar-refractivity contribution in [2.45, 2.75) is 97.3 Å². The molecule has 0 aliphatic carbocycles. The first kappa shape index (κ1) is 45.1. The number of alkyl halides is 26. The second-order valence-corrected chi connectivity index (χ2v) is 9.82. The molecule has 0 fully saturated rings. The van der Waals surface area contributed by atoms with Crippen molar-refractivity contribution in [2.75, 3.05) is 13.2 Å². The molecule has 0 unspecified atom stereocenters. The fourth-order valence-electron chi connectivity index (χ4n) is 3.25. The first-order valence-corrected chi connectivity index (χ1v) is 11.2. The summed E-state index contributed by atoms with van der Waals surface area (Å²) in [5.74, 6) is -80.1. The van der Waals surface area contributed by atoms with E-state index in [2.05, 4.69) is 0 Å². The Hall–Kier alpha value is -1.90. The third kappa shape index (κ3) is 6.69. The molecule has 0 bridgehead atoms. The SMILES string of the molecule is OCC(CO)(CCC(F)(F)C(F)(F)C(F)(F)C(F)(F)C(F)(F)C(F)(F)F)CCC(F)(F)C(F)(F)C(F)(F)C(F)(F)C(F)(F)C(F)(F)F. The molecule has 0 atom stereocenters. The largest absolute Gasteiger partial charge is 0.460 e. The summed E-state index contributed by atoms with van der Waals surface area (Å²) in [6, 6.07) is 0. The van der Waals surface area contributed by atoms with Crippen LogP contribution in [-0.2, 0) is 0 Å². The van der Waals surface area contributed by atoms with Crippen LogP contribution in [0.3, 0.4) is 0 Å². The topological polar surface area (TPSA) is 40.5 Å². The number of hydrogen-bond donors (Lipinski definition) is 2. The number of aliphatic hydroxyl groups excluding tert-OH is 2. The third-order valence-electron chi connectivity index (χ3n) is 6.61. The Bertz CT molecular complexity index is 985. The number of hydrogen-bond acceptors (Lipinski definition) is 2. The summed E-state index contributed by atoms with van der Waals surface area (Å²) in [5.41, 5.74) is -3.65. The van der Waals surface area contributed by atoms with E-state index in [4.69, 9.17) is 10.2 Å². The lowest BCUT2D eigenvalue weighted by Crippen LogP contribution is -2.70. The van der Waals surface area contributed by atoms with Crippen molar-refractivity contribution < 1.29 is 124 Å². The Morgan fingerprint density at radius 3 is 0.617 bits per heavy atom. The van der Waals surface area contributed by atoms with Crippen molar-refractivity contribution >= 4 is 0 Å². The number of aliphatic hydroxyl groups is 2. The van der Waals surface area contributed by atoms with Crippen LogP contribution >= 0.6 is 0 Å². The smallest absolute Gasteiger partial charge is 0.396 e. The van der Waals surface area contributed by atoms with Gasteiger partial charge in [0.15, 0.2) is 0 Å². The zero-order valence-corrected chi connectivity index (χ0v) is 21.5. The molecule has 284 valence electrons. The van der Waals surface area contributed by atoms with Crippen LogP contribution in [0.1, 0.15) is 25.7 Å². The first-order valence-electron chi connectivity index (χ1n) is 11.2. The minimum absolute atomic E-state index is 2.34. The van der Waals surface area contributed by atoms with Gasteiger partial charge >= 0.3 is 71.6 Å². The van der Waals surface area contributed by atoms with E-state index >= 15 is 0 Å². The average molecular weight is 768 g/mol. The second-order valence-electron chi connectivity index (χ2n) is 9.82. The molecule has 28 heteroatoms. The molecule has 0 saturated carbocycles.